The average Bonchev–Trinajstić information content (AvgIpc) is 2.50. The van der Waals surface area contributed by atoms with Gasteiger partial charge >= 0.3 is 0 Å². The molecule has 1 aliphatic heterocycles. The van der Waals surface area contributed by atoms with Gasteiger partial charge in [0.05, 0.1) is 32.4 Å². The van der Waals surface area contributed by atoms with Crippen molar-refractivity contribution >= 4 is 15.7 Å². The van der Waals surface area contributed by atoms with Crippen LogP contribution in [-0.4, -0.2) is 45.3 Å². The molecule has 0 atom stereocenters. The number of anilines is 1. The number of hydrogen-bond donors (Lipinski definition) is 1. The van der Waals surface area contributed by atoms with Gasteiger partial charge in [-0.2, -0.15) is 0 Å². The smallest absolute Gasteiger partial charge is 0.229 e. The number of nitrogens with one attached hydrogen (secondary N) is 1. The maximum atomic E-state index is 11.2. The van der Waals surface area contributed by atoms with E-state index in [0.29, 0.717) is 5.69 Å². The fourth-order valence-corrected chi connectivity index (χ4v) is 4.37. The lowest BCUT2D eigenvalue weighted by Gasteiger charge is -2.39. The number of halogens is 1. The molecule has 0 unspecified atom stereocenters. The van der Waals surface area contributed by atoms with Gasteiger partial charge in [0.2, 0.25) is 10.0 Å². The van der Waals surface area contributed by atoms with Gasteiger partial charge in [-0.25, -0.2) is 8.42 Å². The molecule has 144 valence electrons. The number of rotatable bonds is 7. The van der Waals surface area contributed by atoms with E-state index in [-0.39, 0.29) is 17.0 Å². The Bertz CT molecular complexity index is 594. The zero-order valence-corrected chi connectivity index (χ0v) is 18.0. The quantitative estimate of drug-likeness (QED) is 0.647. The first-order valence-corrected chi connectivity index (χ1v) is 11.2. The van der Waals surface area contributed by atoms with Crippen LogP contribution in [0.1, 0.15) is 51.0 Å². The summed E-state index contributed by atoms with van der Waals surface area (Å²) < 4.78 is 26.3. The lowest BCUT2D eigenvalue weighted by Crippen LogP contribution is -3.00. The van der Waals surface area contributed by atoms with Crippen molar-refractivity contribution in [2.45, 2.75) is 51.9 Å². The molecule has 0 spiro atoms. The maximum Gasteiger partial charge on any atom is 0.229 e. The second kappa shape index (κ2) is 10.5. The predicted octanol–water partition coefficient (Wildman–Crippen LogP) is 0.796. The van der Waals surface area contributed by atoms with Gasteiger partial charge in [-0.05, 0) is 56.7 Å². The van der Waals surface area contributed by atoms with E-state index in [1.54, 1.807) is 0 Å². The standard InChI is InChI=1S/C19H33N2O2S.BrH/c1-3-21(15-7-5-4-6-8-16-21)17-9-10-18-11-13-19(14-12-18)20-24(2,22)23;/h11-14,20H,3-10,15-17H2,1-2H3;1H/q+1;/p-1. The highest BCUT2D eigenvalue weighted by molar-refractivity contribution is 7.92. The minimum Gasteiger partial charge on any atom is -1.00 e. The Morgan fingerprint density at radius 3 is 2.08 bits per heavy atom. The van der Waals surface area contributed by atoms with E-state index in [2.05, 4.69) is 11.6 Å². The van der Waals surface area contributed by atoms with Crippen molar-refractivity contribution < 1.29 is 29.9 Å². The lowest BCUT2D eigenvalue weighted by atomic mass is 10.0. The molecule has 4 nitrogen and oxygen atoms in total. The molecule has 25 heavy (non-hydrogen) atoms. The molecule has 0 saturated carbocycles. The number of nitrogens with zero attached hydrogens (tertiary/aromatic N) is 1. The summed E-state index contributed by atoms with van der Waals surface area (Å²) in [5.74, 6) is 0. The molecule has 0 radical (unpaired) electrons. The molecular weight excluding hydrogens is 400 g/mol. The van der Waals surface area contributed by atoms with Crippen molar-refractivity contribution in [2.75, 3.05) is 37.2 Å². The highest BCUT2D eigenvalue weighted by atomic mass is 79.9. The Kier molecular flexibility index (Phi) is 9.46. The van der Waals surface area contributed by atoms with Gasteiger partial charge in [-0.1, -0.05) is 18.6 Å². The number of hydrogen-bond acceptors (Lipinski definition) is 2. The molecule has 6 heteroatoms. The minimum atomic E-state index is -3.19. The molecule has 1 saturated heterocycles. The summed E-state index contributed by atoms with van der Waals surface area (Å²) in [7, 11) is -3.19. The fraction of sp³-hybridized carbons (Fsp3) is 0.684. The maximum absolute atomic E-state index is 11.2. The Morgan fingerprint density at radius 2 is 1.56 bits per heavy atom. The Labute approximate surface area is 164 Å². The van der Waals surface area contributed by atoms with E-state index in [0.717, 1.165) is 6.42 Å². The van der Waals surface area contributed by atoms with E-state index < -0.39 is 10.0 Å². The first-order valence-electron chi connectivity index (χ1n) is 9.34. The summed E-state index contributed by atoms with van der Waals surface area (Å²) in [6, 6.07) is 7.79. The van der Waals surface area contributed by atoms with Crippen LogP contribution in [0.5, 0.6) is 0 Å². The largest absolute Gasteiger partial charge is 1.00 e. The van der Waals surface area contributed by atoms with Crippen LogP contribution < -0.4 is 21.7 Å². The van der Waals surface area contributed by atoms with E-state index in [9.17, 15) is 8.42 Å². The predicted molar refractivity (Wildman–Crippen MR) is 102 cm³/mol. The molecule has 0 amide bonds. The second-order valence-corrected chi connectivity index (χ2v) is 9.02. The van der Waals surface area contributed by atoms with E-state index in [4.69, 9.17) is 0 Å². The van der Waals surface area contributed by atoms with Gasteiger partial charge < -0.3 is 21.5 Å². The third kappa shape index (κ3) is 8.09. The normalized spacial score (nSPS) is 17.8. The van der Waals surface area contributed by atoms with Gasteiger partial charge in [0.25, 0.3) is 0 Å². The van der Waals surface area contributed by atoms with Crippen molar-refractivity contribution in [2.24, 2.45) is 0 Å². The summed E-state index contributed by atoms with van der Waals surface area (Å²) in [6.07, 6.45) is 10.4. The number of quaternary nitrogens is 1. The second-order valence-electron chi connectivity index (χ2n) is 7.27. The Balaban J connectivity index is 0.00000312. The molecule has 1 fully saturated rings. The summed E-state index contributed by atoms with van der Waals surface area (Å²) in [4.78, 5) is 0. The fourth-order valence-electron chi connectivity index (χ4n) is 3.81. The van der Waals surface area contributed by atoms with Gasteiger partial charge in [0, 0.05) is 12.1 Å². The molecule has 1 aromatic carbocycles. The van der Waals surface area contributed by atoms with Crippen LogP contribution in [0, 0.1) is 0 Å². The first kappa shape index (κ1) is 22.5. The monoisotopic (exact) mass is 432 g/mol. The topological polar surface area (TPSA) is 46.2 Å². The molecule has 0 aliphatic carbocycles. The molecule has 2 rings (SSSR count). The van der Waals surface area contributed by atoms with Crippen molar-refractivity contribution in [3.05, 3.63) is 29.8 Å². The molecule has 1 N–H and O–H groups in total. The summed E-state index contributed by atoms with van der Waals surface area (Å²) in [5, 5.41) is 0. The van der Waals surface area contributed by atoms with Gasteiger partial charge in [0.15, 0.2) is 0 Å². The van der Waals surface area contributed by atoms with Crippen LogP contribution in [0.3, 0.4) is 0 Å². The minimum absolute atomic E-state index is 0. The average molecular weight is 433 g/mol. The Morgan fingerprint density at radius 1 is 1.00 bits per heavy atom. The van der Waals surface area contributed by atoms with Crippen LogP contribution in [0.4, 0.5) is 5.69 Å². The van der Waals surface area contributed by atoms with Crippen LogP contribution >= 0.6 is 0 Å². The lowest BCUT2D eigenvalue weighted by molar-refractivity contribution is -0.927. The third-order valence-corrected chi connectivity index (χ3v) is 5.90. The van der Waals surface area contributed by atoms with E-state index in [1.165, 1.54) is 81.0 Å². The van der Waals surface area contributed by atoms with Crippen LogP contribution in [0.25, 0.3) is 0 Å². The summed E-state index contributed by atoms with van der Waals surface area (Å²) >= 11 is 0. The van der Waals surface area contributed by atoms with Gasteiger partial charge in [-0.3, -0.25) is 4.72 Å². The number of likely N-dealkylation sites (tertiary alicyclic amines) is 1. The summed E-state index contributed by atoms with van der Waals surface area (Å²) in [5.41, 5.74) is 1.93. The zero-order chi connectivity index (χ0) is 17.5. The number of benzene rings is 1. The molecule has 1 aromatic rings. The molecule has 1 aliphatic rings. The van der Waals surface area contributed by atoms with E-state index >= 15 is 0 Å². The highest BCUT2D eigenvalue weighted by Crippen LogP contribution is 2.20. The van der Waals surface area contributed by atoms with Gasteiger partial charge in [0.1, 0.15) is 0 Å². The molecule has 0 bridgehead atoms. The Hall–Kier alpha value is -0.590. The van der Waals surface area contributed by atoms with Crippen molar-refractivity contribution in [1.29, 1.82) is 0 Å². The number of aryl methyl sites for hydroxylation is 1. The third-order valence-electron chi connectivity index (χ3n) is 5.29. The van der Waals surface area contributed by atoms with Crippen LogP contribution in [0.15, 0.2) is 24.3 Å². The van der Waals surface area contributed by atoms with Crippen LogP contribution in [0.2, 0.25) is 0 Å². The number of sulfonamides is 1. The van der Waals surface area contributed by atoms with Crippen molar-refractivity contribution in [1.82, 2.24) is 0 Å². The first-order chi connectivity index (χ1) is 11.4. The molecular formula is C19H33BrN2O2S. The van der Waals surface area contributed by atoms with Gasteiger partial charge in [-0.15, -0.1) is 0 Å². The van der Waals surface area contributed by atoms with Crippen molar-refractivity contribution in [3.8, 4) is 0 Å². The van der Waals surface area contributed by atoms with E-state index in [1.807, 2.05) is 24.3 Å². The zero-order valence-electron chi connectivity index (χ0n) is 15.6. The highest BCUT2D eigenvalue weighted by Gasteiger charge is 2.25. The molecule has 1 heterocycles. The van der Waals surface area contributed by atoms with Crippen LogP contribution in [-0.2, 0) is 16.4 Å². The van der Waals surface area contributed by atoms with Crippen molar-refractivity contribution in [3.63, 3.8) is 0 Å². The SMILES string of the molecule is CC[N+]1(CCCc2ccc(NS(C)(=O)=O)cc2)CCCCCCC1.[Br-]. The molecule has 0 aromatic heterocycles. The summed E-state index contributed by atoms with van der Waals surface area (Å²) in [6.45, 7) is 7.53.